The predicted molar refractivity (Wildman–Crippen MR) is 124 cm³/mol. The van der Waals surface area contributed by atoms with Gasteiger partial charge in [0.1, 0.15) is 4.90 Å². The van der Waals surface area contributed by atoms with Gasteiger partial charge in [-0.25, -0.2) is 8.42 Å². The number of fused-ring (bicyclic) bond motifs is 2. The molecule has 1 heterocycles. The molecule has 3 bridgehead atoms. The number of hydrogen-bond donors (Lipinski definition) is 1. The van der Waals surface area contributed by atoms with E-state index < -0.39 is 10.0 Å². The van der Waals surface area contributed by atoms with Gasteiger partial charge in [0.05, 0.1) is 10.4 Å². The predicted octanol–water partition coefficient (Wildman–Crippen LogP) is 4.73. The first-order chi connectivity index (χ1) is 15.2. The summed E-state index contributed by atoms with van der Waals surface area (Å²) in [5.74, 6) is 2.74. The van der Waals surface area contributed by atoms with Crippen molar-refractivity contribution < 1.29 is 13.2 Å². The smallest absolute Gasteiger partial charge is 0.244 e. The molecule has 6 atom stereocenters. The summed E-state index contributed by atoms with van der Waals surface area (Å²) >= 11 is 12.1. The molecule has 174 valence electrons. The number of carbonyl (C=O) groups is 1. The second-order valence-electron chi connectivity index (χ2n) is 11.1. The molecule has 1 amide bonds. The maximum absolute atomic E-state index is 13.5. The molecule has 3 unspecified atom stereocenters. The van der Waals surface area contributed by atoms with Crippen LogP contribution in [0.15, 0.2) is 23.1 Å². The van der Waals surface area contributed by atoms with Crippen LogP contribution in [0.3, 0.4) is 0 Å². The molecule has 0 radical (unpaired) electrons. The number of piperidine rings is 1. The Bertz CT molecular complexity index is 1070. The van der Waals surface area contributed by atoms with Crippen LogP contribution in [0.25, 0.3) is 0 Å². The minimum absolute atomic E-state index is 0.0979. The van der Waals surface area contributed by atoms with Crippen molar-refractivity contribution in [3.05, 3.63) is 28.2 Å². The molecule has 5 nitrogen and oxygen atoms in total. The summed E-state index contributed by atoms with van der Waals surface area (Å²) in [5.41, 5.74) is 0.156. The van der Waals surface area contributed by atoms with Crippen molar-refractivity contribution in [2.24, 2.45) is 34.5 Å². The van der Waals surface area contributed by atoms with Gasteiger partial charge in [0.15, 0.2) is 0 Å². The van der Waals surface area contributed by atoms with Crippen LogP contribution in [0, 0.1) is 34.5 Å². The van der Waals surface area contributed by atoms with E-state index in [1.54, 1.807) is 6.07 Å². The van der Waals surface area contributed by atoms with Crippen LogP contribution < -0.4 is 5.32 Å². The fraction of sp³-hybridized carbons (Fsp3) is 0.708. The fourth-order valence-corrected chi connectivity index (χ4v) is 10.7. The molecule has 1 aromatic rings. The van der Waals surface area contributed by atoms with Crippen LogP contribution >= 0.6 is 23.2 Å². The Kier molecular flexibility index (Phi) is 4.97. The third kappa shape index (κ3) is 2.98. The molecule has 1 aromatic carbocycles. The molecule has 1 spiro atoms. The Morgan fingerprint density at radius 1 is 1.12 bits per heavy atom. The van der Waals surface area contributed by atoms with E-state index in [9.17, 15) is 13.2 Å². The average molecular weight is 497 g/mol. The highest BCUT2D eigenvalue weighted by Gasteiger charge is 2.76. The van der Waals surface area contributed by atoms with Crippen molar-refractivity contribution in [1.29, 1.82) is 0 Å². The zero-order valence-electron chi connectivity index (χ0n) is 18.2. The molecule has 32 heavy (non-hydrogen) atoms. The SMILES string of the molecule is O=C(NCC1CCCN(S(=O)(=O)c2ccc(Cl)cc2Cl)C1)C12C[C@@H]3C[C@@H]4C[C@H](C1)C2(C4)C3. The molecule has 1 aliphatic heterocycles. The number of benzene rings is 1. The third-order valence-electron chi connectivity index (χ3n) is 9.54. The highest BCUT2D eigenvalue weighted by molar-refractivity contribution is 7.89. The highest BCUT2D eigenvalue weighted by atomic mass is 35.5. The fourth-order valence-electron chi connectivity index (χ4n) is 8.43. The van der Waals surface area contributed by atoms with E-state index in [0.717, 1.165) is 43.4 Å². The summed E-state index contributed by atoms with van der Waals surface area (Å²) in [5, 5.41) is 3.85. The van der Waals surface area contributed by atoms with Gasteiger partial charge in [0, 0.05) is 24.7 Å². The number of carbonyl (C=O) groups excluding carboxylic acids is 1. The largest absolute Gasteiger partial charge is 0.355 e. The maximum atomic E-state index is 13.5. The van der Waals surface area contributed by atoms with Crippen molar-refractivity contribution in [1.82, 2.24) is 9.62 Å². The van der Waals surface area contributed by atoms with Crippen LogP contribution in [0.4, 0.5) is 0 Å². The van der Waals surface area contributed by atoms with Crippen LogP contribution in [0.1, 0.15) is 51.4 Å². The summed E-state index contributed by atoms with van der Waals surface area (Å²) in [4.78, 5) is 13.6. The molecular formula is C24H30Cl2N2O3S. The number of halogens is 2. The van der Waals surface area contributed by atoms with E-state index in [-0.39, 0.29) is 32.6 Å². The van der Waals surface area contributed by atoms with E-state index in [4.69, 9.17) is 23.2 Å². The maximum Gasteiger partial charge on any atom is 0.244 e. The lowest BCUT2D eigenvalue weighted by Crippen LogP contribution is -2.60. The molecule has 1 N–H and O–H groups in total. The first-order valence-corrected chi connectivity index (χ1v) is 14.2. The van der Waals surface area contributed by atoms with Crippen molar-refractivity contribution in [2.45, 2.75) is 56.3 Å². The average Bonchev–Trinajstić information content (AvgIpc) is 3.07. The first-order valence-electron chi connectivity index (χ1n) is 12.0. The molecule has 6 rings (SSSR count). The number of rotatable bonds is 5. The summed E-state index contributed by atoms with van der Waals surface area (Å²) in [7, 11) is -3.69. The zero-order valence-corrected chi connectivity index (χ0v) is 20.5. The van der Waals surface area contributed by atoms with Crippen molar-refractivity contribution in [3.63, 3.8) is 0 Å². The molecule has 4 saturated carbocycles. The quantitative estimate of drug-likeness (QED) is 0.640. The lowest BCUT2D eigenvalue weighted by atomic mass is 9.46. The number of sulfonamides is 1. The summed E-state index contributed by atoms with van der Waals surface area (Å²) in [6.07, 6.45) is 9.05. The van der Waals surface area contributed by atoms with Gasteiger partial charge < -0.3 is 5.32 Å². The summed E-state index contributed by atoms with van der Waals surface area (Å²) in [6, 6.07) is 4.50. The van der Waals surface area contributed by atoms with Gasteiger partial charge in [-0.05, 0) is 98.7 Å². The Balaban J connectivity index is 1.13. The molecule has 5 aliphatic rings. The molecule has 1 saturated heterocycles. The van der Waals surface area contributed by atoms with Crippen LogP contribution in [-0.4, -0.2) is 38.3 Å². The van der Waals surface area contributed by atoms with Crippen molar-refractivity contribution in [2.75, 3.05) is 19.6 Å². The van der Waals surface area contributed by atoms with E-state index in [2.05, 4.69) is 5.32 Å². The number of hydrogen-bond acceptors (Lipinski definition) is 3. The van der Waals surface area contributed by atoms with E-state index in [1.807, 2.05) is 0 Å². The molecule has 4 aliphatic carbocycles. The third-order valence-corrected chi connectivity index (χ3v) is 12.1. The van der Waals surface area contributed by atoms with Gasteiger partial charge in [-0.15, -0.1) is 0 Å². The van der Waals surface area contributed by atoms with Gasteiger partial charge >= 0.3 is 0 Å². The lowest BCUT2D eigenvalue weighted by Gasteiger charge is -2.57. The van der Waals surface area contributed by atoms with E-state index in [1.165, 1.54) is 42.1 Å². The summed E-state index contributed by atoms with van der Waals surface area (Å²) < 4.78 is 27.9. The minimum atomic E-state index is -3.69. The number of nitrogens with one attached hydrogen (secondary N) is 1. The van der Waals surface area contributed by atoms with Gasteiger partial charge in [-0.3, -0.25) is 4.79 Å². The minimum Gasteiger partial charge on any atom is -0.355 e. The zero-order chi connectivity index (χ0) is 22.3. The Morgan fingerprint density at radius 3 is 2.75 bits per heavy atom. The van der Waals surface area contributed by atoms with Crippen LogP contribution in [0.5, 0.6) is 0 Å². The second kappa shape index (κ2) is 7.34. The molecular weight excluding hydrogens is 467 g/mol. The van der Waals surface area contributed by atoms with Crippen LogP contribution in [0.2, 0.25) is 10.0 Å². The topological polar surface area (TPSA) is 66.5 Å². The standard InChI is InChI=1S/C24H30Cl2N2O3S/c25-19-3-4-21(20(26)8-19)32(30,31)28-5-1-2-15(14-28)13-27-22(29)24-11-17-6-16-7-18(12-24)23(24,9-16)10-17/h3-4,8,15-18H,1-2,5-7,9-14H2,(H,27,29)/t15?,16-,17-,18-,23?,24?/m1/s1. The molecule has 5 fully saturated rings. The number of amides is 1. The number of nitrogens with zero attached hydrogens (tertiary/aromatic N) is 1. The monoisotopic (exact) mass is 496 g/mol. The molecule has 0 aromatic heterocycles. The Hall–Kier alpha value is -0.820. The van der Waals surface area contributed by atoms with Gasteiger partial charge in [0.25, 0.3) is 0 Å². The normalized spacial score (nSPS) is 40.2. The Morgan fingerprint density at radius 2 is 1.94 bits per heavy atom. The van der Waals surface area contributed by atoms with Gasteiger partial charge in [-0.2, -0.15) is 4.31 Å². The first kappa shape index (κ1) is 21.7. The summed E-state index contributed by atoms with van der Waals surface area (Å²) in [6.45, 7) is 1.44. The van der Waals surface area contributed by atoms with Crippen molar-refractivity contribution in [3.8, 4) is 0 Å². The van der Waals surface area contributed by atoms with E-state index in [0.29, 0.717) is 24.7 Å². The lowest BCUT2D eigenvalue weighted by molar-refractivity contribution is -0.161. The van der Waals surface area contributed by atoms with Crippen LogP contribution in [-0.2, 0) is 14.8 Å². The van der Waals surface area contributed by atoms with Crippen molar-refractivity contribution >= 4 is 39.1 Å². The van der Waals surface area contributed by atoms with E-state index >= 15 is 0 Å². The Labute approximate surface area is 200 Å². The highest BCUT2D eigenvalue weighted by Crippen LogP contribution is 2.81. The second-order valence-corrected chi connectivity index (χ2v) is 13.9. The molecule has 8 heteroatoms. The van der Waals surface area contributed by atoms with Gasteiger partial charge in [0.2, 0.25) is 15.9 Å². The van der Waals surface area contributed by atoms with Gasteiger partial charge in [-0.1, -0.05) is 23.2 Å².